The van der Waals surface area contributed by atoms with Crippen LogP contribution in [0.15, 0.2) is 42.5 Å². The molecule has 0 saturated carbocycles. The van der Waals surface area contributed by atoms with E-state index in [4.69, 9.17) is 9.47 Å². The number of rotatable bonds is 6. The van der Waals surface area contributed by atoms with Gasteiger partial charge in [0.2, 0.25) is 0 Å². The minimum absolute atomic E-state index is 0.0948. The lowest BCUT2D eigenvalue weighted by atomic mass is 10.1. The largest absolute Gasteiger partial charge is 0.508 e. The summed E-state index contributed by atoms with van der Waals surface area (Å²) in [6.45, 7) is 2.73. The fourth-order valence-corrected chi connectivity index (χ4v) is 2.23. The summed E-state index contributed by atoms with van der Waals surface area (Å²) < 4.78 is 10.7. The van der Waals surface area contributed by atoms with Crippen molar-refractivity contribution in [2.45, 2.75) is 19.5 Å². The van der Waals surface area contributed by atoms with E-state index < -0.39 is 0 Å². The highest BCUT2D eigenvalue weighted by Crippen LogP contribution is 2.29. The van der Waals surface area contributed by atoms with Crippen LogP contribution in [0.25, 0.3) is 0 Å². The Morgan fingerprint density at radius 3 is 2.57 bits per heavy atom. The second kappa shape index (κ2) is 6.99. The van der Waals surface area contributed by atoms with Crippen molar-refractivity contribution in [1.82, 2.24) is 5.32 Å². The van der Waals surface area contributed by atoms with Gasteiger partial charge >= 0.3 is 0 Å². The molecule has 0 spiro atoms. The third kappa shape index (κ3) is 3.89. The SMILES string of the molecule is COc1ccc(OC)c(C(C)NCc2cccc(O)c2)c1. The van der Waals surface area contributed by atoms with Crippen LogP contribution in [-0.2, 0) is 6.54 Å². The number of benzene rings is 2. The van der Waals surface area contributed by atoms with Crippen LogP contribution in [0.3, 0.4) is 0 Å². The average molecular weight is 287 g/mol. The minimum atomic E-state index is 0.0948. The fraction of sp³-hybridized carbons (Fsp3) is 0.294. The molecule has 0 amide bonds. The monoisotopic (exact) mass is 287 g/mol. The van der Waals surface area contributed by atoms with Crippen LogP contribution in [0.4, 0.5) is 0 Å². The van der Waals surface area contributed by atoms with Crippen LogP contribution in [0.5, 0.6) is 17.2 Å². The van der Waals surface area contributed by atoms with Gasteiger partial charge in [0.25, 0.3) is 0 Å². The van der Waals surface area contributed by atoms with Gasteiger partial charge in [0.05, 0.1) is 14.2 Å². The van der Waals surface area contributed by atoms with Crippen LogP contribution in [-0.4, -0.2) is 19.3 Å². The lowest BCUT2D eigenvalue weighted by Crippen LogP contribution is -2.18. The third-order valence-electron chi connectivity index (χ3n) is 3.43. The van der Waals surface area contributed by atoms with Gasteiger partial charge in [0.15, 0.2) is 0 Å². The van der Waals surface area contributed by atoms with E-state index in [0.717, 1.165) is 22.6 Å². The number of phenols is 1. The van der Waals surface area contributed by atoms with E-state index >= 15 is 0 Å². The van der Waals surface area contributed by atoms with E-state index in [2.05, 4.69) is 12.2 Å². The molecule has 1 atom stereocenters. The van der Waals surface area contributed by atoms with Crippen molar-refractivity contribution in [2.24, 2.45) is 0 Å². The normalized spacial score (nSPS) is 12.0. The molecule has 2 rings (SSSR count). The van der Waals surface area contributed by atoms with Crippen LogP contribution in [0.2, 0.25) is 0 Å². The van der Waals surface area contributed by atoms with Gasteiger partial charge in [0.1, 0.15) is 17.2 Å². The standard InChI is InChI=1S/C17H21NO3/c1-12(18-11-13-5-4-6-14(19)9-13)16-10-15(20-2)7-8-17(16)21-3/h4-10,12,18-19H,11H2,1-3H3. The predicted molar refractivity (Wildman–Crippen MR) is 82.9 cm³/mol. The third-order valence-corrected chi connectivity index (χ3v) is 3.43. The minimum Gasteiger partial charge on any atom is -0.508 e. The maximum absolute atomic E-state index is 9.48. The molecule has 112 valence electrons. The Morgan fingerprint density at radius 2 is 1.90 bits per heavy atom. The molecule has 0 heterocycles. The highest BCUT2D eigenvalue weighted by atomic mass is 16.5. The Labute approximate surface area is 125 Å². The molecule has 0 radical (unpaired) electrons. The Bertz CT molecular complexity index is 598. The number of ether oxygens (including phenoxy) is 2. The summed E-state index contributed by atoms with van der Waals surface area (Å²) in [5, 5.41) is 12.9. The van der Waals surface area contributed by atoms with E-state index in [9.17, 15) is 5.11 Å². The van der Waals surface area contributed by atoms with E-state index in [1.165, 1.54) is 0 Å². The average Bonchev–Trinajstić information content (AvgIpc) is 2.52. The van der Waals surface area contributed by atoms with E-state index in [1.54, 1.807) is 26.4 Å². The summed E-state index contributed by atoms with van der Waals surface area (Å²) in [4.78, 5) is 0. The second-order valence-corrected chi connectivity index (χ2v) is 4.88. The summed E-state index contributed by atoms with van der Waals surface area (Å²) in [6, 6.07) is 13.1. The molecule has 2 aromatic carbocycles. The summed E-state index contributed by atoms with van der Waals surface area (Å²) in [6.07, 6.45) is 0. The number of phenolic OH excluding ortho intramolecular Hbond substituents is 1. The topological polar surface area (TPSA) is 50.7 Å². The van der Waals surface area contributed by atoms with Crippen molar-refractivity contribution in [3.63, 3.8) is 0 Å². The van der Waals surface area contributed by atoms with Crippen molar-refractivity contribution in [3.8, 4) is 17.2 Å². The van der Waals surface area contributed by atoms with Crippen molar-refractivity contribution in [3.05, 3.63) is 53.6 Å². The predicted octanol–water partition coefficient (Wildman–Crippen LogP) is 3.26. The molecule has 0 aliphatic carbocycles. The van der Waals surface area contributed by atoms with Crippen molar-refractivity contribution in [2.75, 3.05) is 14.2 Å². The molecule has 4 heteroatoms. The first kappa shape index (κ1) is 15.2. The Balaban J connectivity index is 2.10. The van der Waals surface area contributed by atoms with Gasteiger partial charge in [-0.3, -0.25) is 0 Å². The quantitative estimate of drug-likeness (QED) is 0.856. The zero-order valence-corrected chi connectivity index (χ0v) is 12.6. The van der Waals surface area contributed by atoms with Gasteiger partial charge in [-0.15, -0.1) is 0 Å². The van der Waals surface area contributed by atoms with Gasteiger partial charge in [-0.1, -0.05) is 12.1 Å². The Kier molecular flexibility index (Phi) is 5.06. The Morgan fingerprint density at radius 1 is 1.10 bits per heavy atom. The Hall–Kier alpha value is -2.20. The number of aromatic hydroxyl groups is 1. The van der Waals surface area contributed by atoms with Gasteiger partial charge in [-0.25, -0.2) is 0 Å². The first-order chi connectivity index (χ1) is 10.1. The zero-order chi connectivity index (χ0) is 15.2. The van der Waals surface area contributed by atoms with Gasteiger partial charge in [-0.2, -0.15) is 0 Å². The molecule has 0 bridgehead atoms. The molecule has 0 aliphatic rings. The summed E-state index contributed by atoms with van der Waals surface area (Å²) in [5.74, 6) is 1.91. The fourth-order valence-electron chi connectivity index (χ4n) is 2.23. The molecule has 0 aromatic heterocycles. The molecule has 0 aliphatic heterocycles. The lowest BCUT2D eigenvalue weighted by molar-refractivity contribution is 0.391. The summed E-state index contributed by atoms with van der Waals surface area (Å²) in [5.41, 5.74) is 2.07. The molecular weight excluding hydrogens is 266 g/mol. The van der Waals surface area contributed by atoms with Crippen molar-refractivity contribution in [1.29, 1.82) is 0 Å². The number of hydrogen-bond donors (Lipinski definition) is 2. The molecule has 0 saturated heterocycles. The van der Waals surface area contributed by atoms with Crippen molar-refractivity contribution < 1.29 is 14.6 Å². The maximum atomic E-state index is 9.48. The van der Waals surface area contributed by atoms with Crippen LogP contribution < -0.4 is 14.8 Å². The first-order valence-corrected chi connectivity index (χ1v) is 6.87. The zero-order valence-electron chi connectivity index (χ0n) is 12.6. The van der Waals surface area contributed by atoms with E-state index in [-0.39, 0.29) is 11.8 Å². The highest BCUT2D eigenvalue weighted by Gasteiger charge is 2.12. The smallest absolute Gasteiger partial charge is 0.123 e. The number of hydrogen-bond acceptors (Lipinski definition) is 4. The molecule has 2 N–H and O–H groups in total. The van der Waals surface area contributed by atoms with E-state index in [0.29, 0.717) is 6.54 Å². The lowest BCUT2D eigenvalue weighted by Gasteiger charge is -2.18. The van der Waals surface area contributed by atoms with E-state index in [1.807, 2.05) is 30.3 Å². The summed E-state index contributed by atoms with van der Waals surface area (Å²) in [7, 11) is 3.31. The van der Waals surface area contributed by atoms with Crippen LogP contribution in [0.1, 0.15) is 24.1 Å². The van der Waals surface area contributed by atoms with Crippen LogP contribution in [0, 0.1) is 0 Å². The molecule has 4 nitrogen and oxygen atoms in total. The number of nitrogens with one attached hydrogen (secondary N) is 1. The van der Waals surface area contributed by atoms with Gasteiger partial charge < -0.3 is 19.9 Å². The van der Waals surface area contributed by atoms with Crippen molar-refractivity contribution >= 4 is 0 Å². The highest BCUT2D eigenvalue weighted by molar-refractivity contribution is 5.42. The molecule has 2 aromatic rings. The molecular formula is C17H21NO3. The molecule has 0 fully saturated rings. The number of methoxy groups -OCH3 is 2. The van der Waals surface area contributed by atoms with Gasteiger partial charge in [-0.05, 0) is 42.8 Å². The second-order valence-electron chi connectivity index (χ2n) is 4.88. The van der Waals surface area contributed by atoms with Gasteiger partial charge in [0, 0.05) is 18.2 Å². The first-order valence-electron chi connectivity index (χ1n) is 6.87. The maximum Gasteiger partial charge on any atom is 0.123 e. The summed E-state index contributed by atoms with van der Waals surface area (Å²) >= 11 is 0. The van der Waals surface area contributed by atoms with Crippen LogP contribution >= 0.6 is 0 Å². The molecule has 21 heavy (non-hydrogen) atoms. The molecule has 1 unspecified atom stereocenters.